The van der Waals surface area contributed by atoms with E-state index in [0.717, 1.165) is 23.5 Å². The number of hydrogen-bond acceptors (Lipinski definition) is 1. The molecule has 0 aromatic heterocycles. The first-order valence-corrected chi connectivity index (χ1v) is 17.5. The molecule has 3 heteroatoms. The number of ketones is 1. The SMILES string of the molecule is C[P+](C)(Cc1ccc(C(=O)c2ccc(C[P+](C)(C)c3ccccc3)cc2)cc1)c1ccccc1. The number of hydrogen-bond donors (Lipinski definition) is 0. The fourth-order valence-electron chi connectivity index (χ4n) is 4.45. The molecule has 1 nitrogen and oxygen atoms in total. The Morgan fingerprint density at radius 2 is 0.824 bits per heavy atom. The summed E-state index contributed by atoms with van der Waals surface area (Å²) >= 11 is 0. The quantitative estimate of drug-likeness (QED) is 0.192. The first kappa shape index (κ1) is 24.5. The molecular formula is C31H34OP2+2. The summed E-state index contributed by atoms with van der Waals surface area (Å²) in [4.78, 5) is 13.1. The zero-order valence-corrected chi connectivity index (χ0v) is 22.4. The van der Waals surface area contributed by atoms with E-state index in [1.165, 1.54) is 21.7 Å². The van der Waals surface area contributed by atoms with Crippen molar-refractivity contribution in [2.75, 3.05) is 26.7 Å². The average Bonchev–Trinajstić information content (AvgIpc) is 2.85. The minimum atomic E-state index is -1.24. The standard InChI is InChI=1S/C31H34OP2/c1-33(2,29-11-7-5-8-12-29)23-25-15-19-27(20-16-25)31(32)28-21-17-26(18-22-28)24-34(3,4)30-13-9-6-10-14-30/h5-22H,23-24H2,1-4H3/q+2. The van der Waals surface area contributed by atoms with Gasteiger partial charge in [-0.1, -0.05) is 84.9 Å². The lowest BCUT2D eigenvalue weighted by atomic mass is 10.0. The molecule has 0 unspecified atom stereocenters. The average molecular weight is 485 g/mol. The van der Waals surface area contributed by atoms with E-state index in [4.69, 9.17) is 0 Å². The van der Waals surface area contributed by atoms with Crippen molar-refractivity contribution in [1.82, 2.24) is 0 Å². The van der Waals surface area contributed by atoms with Crippen LogP contribution < -0.4 is 10.6 Å². The van der Waals surface area contributed by atoms with Crippen LogP contribution in [0.1, 0.15) is 27.0 Å². The number of rotatable bonds is 8. The molecule has 0 radical (unpaired) electrons. The first-order chi connectivity index (χ1) is 16.2. The maximum absolute atomic E-state index is 13.1. The predicted molar refractivity (Wildman–Crippen MR) is 153 cm³/mol. The summed E-state index contributed by atoms with van der Waals surface area (Å²) in [5.41, 5.74) is 4.09. The molecule has 34 heavy (non-hydrogen) atoms. The molecule has 0 saturated carbocycles. The van der Waals surface area contributed by atoms with Crippen LogP contribution in [0.15, 0.2) is 109 Å². The van der Waals surface area contributed by atoms with Crippen LogP contribution >= 0.6 is 14.5 Å². The van der Waals surface area contributed by atoms with E-state index >= 15 is 0 Å². The van der Waals surface area contributed by atoms with E-state index in [1.54, 1.807) is 0 Å². The van der Waals surface area contributed by atoms with Crippen LogP contribution in [-0.2, 0) is 12.3 Å². The molecule has 0 N–H and O–H groups in total. The van der Waals surface area contributed by atoms with Gasteiger partial charge < -0.3 is 0 Å². The van der Waals surface area contributed by atoms with Gasteiger partial charge in [-0.15, -0.1) is 0 Å². The highest BCUT2D eigenvalue weighted by atomic mass is 31.2. The predicted octanol–water partition coefficient (Wildman–Crippen LogP) is 7.12. The van der Waals surface area contributed by atoms with Gasteiger partial charge >= 0.3 is 0 Å². The maximum Gasteiger partial charge on any atom is 0.193 e. The van der Waals surface area contributed by atoms with E-state index in [-0.39, 0.29) is 5.78 Å². The second-order valence-electron chi connectivity index (χ2n) is 10.1. The Labute approximate surface area is 205 Å². The molecular weight excluding hydrogens is 450 g/mol. The molecule has 0 fully saturated rings. The van der Waals surface area contributed by atoms with Crippen LogP contribution in [-0.4, -0.2) is 32.4 Å². The van der Waals surface area contributed by atoms with Crippen LogP contribution in [0.5, 0.6) is 0 Å². The lowest BCUT2D eigenvalue weighted by Gasteiger charge is -2.18. The fourth-order valence-corrected chi connectivity index (χ4v) is 9.02. The summed E-state index contributed by atoms with van der Waals surface area (Å²) in [6.45, 7) is 9.52. The monoisotopic (exact) mass is 484 g/mol. The van der Waals surface area contributed by atoms with Crippen LogP contribution in [0.3, 0.4) is 0 Å². The van der Waals surface area contributed by atoms with Crippen molar-refractivity contribution in [1.29, 1.82) is 0 Å². The molecule has 172 valence electrons. The first-order valence-electron chi connectivity index (χ1n) is 11.7. The fraction of sp³-hybridized carbons (Fsp3) is 0.194. The van der Waals surface area contributed by atoms with Crippen molar-refractivity contribution >= 4 is 30.9 Å². The van der Waals surface area contributed by atoms with E-state index < -0.39 is 14.5 Å². The Hall–Kier alpha value is -2.59. The van der Waals surface area contributed by atoms with Gasteiger partial charge in [-0.2, -0.15) is 0 Å². The topological polar surface area (TPSA) is 17.1 Å². The van der Waals surface area contributed by atoms with Crippen LogP contribution in [0.25, 0.3) is 0 Å². The van der Waals surface area contributed by atoms with Gasteiger partial charge in [-0.3, -0.25) is 4.79 Å². The molecule has 4 aromatic carbocycles. The maximum atomic E-state index is 13.1. The molecule has 0 heterocycles. The molecule has 0 aliphatic heterocycles. The van der Waals surface area contributed by atoms with Crippen molar-refractivity contribution < 1.29 is 4.79 Å². The molecule has 0 spiro atoms. The Balaban J connectivity index is 1.43. The summed E-state index contributed by atoms with van der Waals surface area (Å²) in [6.07, 6.45) is 2.08. The summed E-state index contributed by atoms with van der Waals surface area (Å²) in [5, 5.41) is 2.88. The van der Waals surface area contributed by atoms with Gasteiger partial charge in [0.2, 0.25) is 0 Å². The van der Waals surface area contributed by atoms with Gasteiger partial charge in [0.25, 0.3) is 0 Å². The van der Waals surface area contributed by atoms with Gasteiger partial charge in [-0.05, 0) is 35.4 Å². The summed E-state index contributed by atoms with van der Waals surface area (Å²) in [6, 6.07) is 38.0. The Morgan fingerprint density at radius 1 is 0.500 bits per heavy atom. The Morgan fingerprint density at radius 3 is 1.15 bits per heavy atom. The largest absolute Gasteiger partial charge is 0.289 e. The molecule has 0 aliphatic carbocycles. The van der Waals surface area contributed by atoms with Gasteiger partial charge in [0, 0.05) is 25.7 Å². The van der Waals surface area contributed by atoms with E-state index in [9.17, 15) is 4.79 Å². The molecule has 0 amide bonds. The number of carbonyl (C=O) groups is 1. The van der Waals surface area contributed by atoms with Crippen LogP contribution in [0, 0.1) is 0 Å². The normalized spacial score (nSPS) is 11.9. The van der Waals surface area contributed by atoms with E-state index in [0.29, 0.717) is 0 Å². The second kappa shape index (κ2) is 10.4. The van der Waals surface area contributed by atoms with Gasteiger partial charge in [0.15, 0.2) is 5.78 Å². The van der Waals surface area contributed by atoms with Crippen molar-refractivity contribution in [2.45, 2.75) is 12.3 Å². The molecule has 0 aliphatic rings. The van der Waals surface area contributed by atoms with Gasteiger partial charge in [0.1, 0.15) is 0 Å². The van der Waals surface area contributed by atoms with Crippen molar-refractivity contribution in [3.05, 3.63) is 131 Å². The van der Waals surface area contributed by atoms with Crippen molar-refractivity contribution in [3.63, 3.8) is 0 Å². The van der Waals surface area contributed by atoms with E-state index in [1.807, 2.05) is 24.3 Å². The third kappa shape index (κ3) is 5.90. The third-order valence-electron chi connectivity index (χ3n) is 6.50. The zero-order chi connectivity index (χ0) is 24.2. The molecule has 4 aromatic rings. The molecule has 4 rings (SSSR count). The van der Waals surface area contributed by atoms with E-state index in [2.05, 4.69) is 112 Å². The highest BCUT2D eigenvalue weighted by molar-refractivity contribution is 7.81. The summed E-state index contributed by atoms with van der Waals surface area (Å²) in [5.74, 6) is 0.0901. The third-order valence-corrected chi connectivity index (χ3v) is 12.2. The number of carbonyl (C=O) groups excluding carboxylic acids is 1. The minimum absolute atomic E-state index is 0.0901. The Bertz CT molecular complexity index is 1130. The van der Waals surface area contributed by atoms with Crippen molar-refractivity contribution in [2.24, 2.45) is 0 Å². The highest BCUT2D eigenvalue weighted by Gasteiger charge is 2.29. The summed E-state index contributed by atoms with van der Waals surface area (Å²) < 4.78 is 0. The minimum Gasteiger partial charge on any atom is -0.289 e. The highest BCUT2D eigenvalue weighted by Crippen LogP contribution is 2.53. The molecule has 0 saturated heterocycles. The lowest BCUT2D eigenvalue weighted by molar-refractivity contribution is 0.103. The second-order valence-corrected chi connectivity index (χ2v) is 18.5. The summed E-state index contributed by atoms with van der Waals surface area (Å²) in [7, 11) is -2.48. The van der Waals surface area contributed by atoms with Crippen molar-refractivity contribution in [3.8, 4) is 0 Å². The zero-order valence-electron chi connectivity index (χ0n) is 20.6. The van der Waals surface area contributed by atoms with Gasteiger partial charge in [-0.25, -0.2) is 0 Å². The Kier molecular flexibility index (Phi) is 7.47. The van der Waals surface area contributed by atoms with Gasteiger partial charge in [0.05, 0.1) is 49.6 Å². The number of benzene rings is 4. The molecule has 0 atom stereocenters. The molecule has 0 bridgehead atoms. The van der Waals surface area contributed by atoms with Crippen LogP contribution in [0.4, 0.5) is 0 Å². The smallest absolute Gasteiger partial charge is 0.193 e. The lowest BCUT2D eigenvalue weighted by Crippen LogP contribution is -2.11. The van der Waals surface area contributed by atoms with Crippen LogP contribution in [0.2, 0.25) is 0 Å².